The molecule has 1 aromatic rings. The molecule has 0 unspecified atom stereocenters. The van der Waals surface area contributed by atoms with Crippen LogP contribution in [0, 0.1) is 46.3 Å². The average Bonchev–Trinajstić information content (AvgIpc) is 3.46. The molecule has 310 valence electrons. The van der Waals surface area contributed by atoms with Crippen LogP contribution in [-0.4, -0.2) is 61.6 Å². The van der Waals surface area contributed by atoms with E-state index in [4.69, 9.17) is 23.7 Å². The lowest BCUT2D eigenvalue weighted by Gasteiger charge is -2.61. The normalized spacial score (nSPS) is 34.1. The van der Waals surface area contributed by atoms with E-state index >= 15 is 13.2 Å². The molecule has 0 amide bonds. The minimum atomic E-state index is -5.29. The number of methoxy groups -OCH3 is 1. The summed E-state index contributed by atoms with van der Waals surface area (Å²) >= 11 is 0. The highest BCUT2D eigenvalue weighted by atomic mass is 19.4. The van der Waals surface area contributed by atoms with Gasteiger partial charge in [-0.25, -0.2) is 4.79 Å². The van der Waals surface area contributed by atoms with E-state index < -0.39 is 71.0 Å². The van der Waals surface area contributed by atoms with Gasteiger partial charge in [-0.3, -0.25) is 14.4 Å². The van der Waals surface area contributed by atoms with Gasteiger partial charge in [0, 0.05) is 39.4 Å². The summed E-state index contributed by atoms with van der Waals surface area (Å²) in [6.45, 7) is 18.8. The van der Waals surface area contributed by atoms with E-state index in [0.717, 1.165) is 58.3 Å². The molecule has 3 fully saturated rings. The quantitative estimate of drug-likeness (QED) is 0.116. The lowest BCUT2D eigenvalue weighted by Crippen LogP contribution is -2.63. The first kappa shape index (κ1) is 43.5. The third kappa shape index (κ3) is 7.80. The summed E-state index contributed by atoms with van der Waals surface area (Å²) in [7, 11) is 0.772. The van der Waals surface area contributed by atoms with E-state index in [9.17, 15) is 19.2 Å². The molecule has 3 saturated carbocycles. The molecule has 5 rings (SSSR count). The number of hydrogen-bond donors (Lipinski definition) is 0. The second kappa shape index (κ2) is 16.3. The molecular weight excluding hydrogens is 729 g/mol. The van der Waals surface area contributed by atoms with Gasteiger partial charge in [0.1, 0.15) is 12.2 Å². The van der Waals surface area contributed by atoms with Crippen LogP contribution in [0.5, 0.6) is 0 Å². The fourth-order valence-electron chi connectivity index (χ4n) is 11.2. The monoisotopic (exact) mass is 788 g/mol. The largest absolute Gasteiger partial charge is 0.458 e. The number of carbonyl (C=O) groups excluding carboxylic acids is 4. The molecule has 12 atom stereocenters. The number of ether oxygens (including phenoxy) is 5. The highest BCUT2D eigenvalue weighted by molar-refractivity contribution is 5.83. The number of esters is 4. The van der Waals surface area contributed by atoms with Crippen LogP contribution in [-0.2, 0) is 48.5 Å². The van der Waals surface area contributed by atoms with E-state index in [-0.39, 0.29) is 29.6 Å². The van der Waals surface area contributed by atoms with Crippen LogP contribution in [0.15, 0.2) is 54.1 Å². The summed E-state index contributed by atoms with van der Waals surface area (Å²) < 4.78 is 74.2. The number of alkyl halides is 3. The van der Waals surface area contributed by atoms with Crippen molar-refractivity contribution in [2.75, 3.05) is 7.11 Å². The maximum absolute atomic E-state index is 15.2. The van der Waals surface area contributed by atoms with Crippen molar-refractivity contribution in [2.45, 2.75) is 137 Å². The molecule has 0 spiro atoms. The molecule has 0 bridgehead atoms. The zero-order valence-corrected chi connectivity index (χ0v) is 34.2. The lowest BCUT2D eigenvalue weighted by molar-refractivity contribution is -0.281. The Morgan fingerprint density at radius 2 is 1.50 bits per heavy atom. The minimum absolute atomic E-state index is 0.0869. The van der Waals surface area contributed by atoms with Gasteiger partial charge < -0.3 is 23.7 Å². The molecule has 0 radical (unpaired) electrons. The van der Waals surface area contributed by atoms with Gasteiger partial charge in [-0.15, -0.1) is 0 Å². The van der Waals surface area contributed by atoms with E-state index in [0.29, 0.717) is 29.7 Å². The number of carbonyl (C=O) groups is 4. The van der Waals surface area contributed by atoms with E-state index in [1.807, 2.05) is 6.92 Å². The Hall–Kier alpha value is -3.67. The highest BCUT2D eigenvalue weighted by Crippen LogP contribution is 2.68. The molecule has 56 heavy (non-hydrogen) atoms. The molecular formula is C44H59F3O9. The fourth-order valence-corrected chi connectivity index (χ4v) is 11.2. The number of benzene rings is 1. The van der Waals surface area contributed by atoms with Crippen LogP contribution < -0.4 is 0 Å². The van der Waals surface area contributed by atoms with Crippen molar-refractivity contribution < 1.29 is 56.0 Å². The number of rotatable bonds is 12. The van der Waals surface area contributed by atoms with Gasteiger partial charge in [0.25, 0.3) is 5.60 Å². The second-order valence-electron chi connectivity index (χ2n) is 17.5. The Balaban J connectivity index is 1.64. The summed E-state index contributed by atoms with van der Waals surface area (Å²) in [5.74, 6) is -2.89. The van der Waals surface area contributed by atoms with Gasteiger partial charge in [0.15, 0.2) is 12.2 Å². The number of hydrogen-bond acceptors (Lipinski definition) is 9. The number of allylic oxidation sites excluding steroid dienone is 1. The summed E-state index contributed by atoms with van der Waals surface area (Å²) in [5, 5.41) is 0. The lowest BCUT2D eigenvalue weighted by atomic mass is 9.45. The first-order chi connectivity index (χ1) is 26.1. The zero-order chi connectivity index (χ0) is 41.5. The van der Waals surface area contributed by atoms with Gasteiger partial charge in [-0.05, 0) is 97.0 Å². The van der Waals surface area contributed by atoms with Gasteiger partial charge in [0.05, 0.1) is 0 Å². The summed E-state index contributed by atoms with van der Waals surface area (Å²) in [5.41, 5.74) is -3.51. The number of fused-ring (bicyclic) bond motifs is 5. The van der Waals surface area contributed by atoms with E-state index in [1.165, 1.54) is 37.6 Å². The highest BCUT2D eigenvalue weighted by Gasteiger charge is 2.68. The molecule has 0 aliphatic heterocycles. The molecule has 0 heterocycles. The third-order valence-corrected chi connectivity index (χ3v) is 14.0. The van der Waals surface area contributed by atoms with Gasteiger partial charge in [-0.1, -0.05) is 77.1 Å². The Morgan fingerprint density at radius 3 is 2.05 bits per heavy atom. The predicted octanol–water partition coefficient (Wildman–Crippen LogP) is 8.83. The van der Waals surface area contributed by atoms with E-state index in [2.05, 4.69) is 34.3 Å². The number of halogens is 3. The van der Waals surface area contributed by atoms with E-state index in [1.54, 1.807) is 6.08 Å². The zero-order valence-electron chi connectivity index (χ0n) is 34.2. The minimum Gasteiger partial charge on any atom is -0.458 e. The van der Waals surface area contributed by atoms with Gasteiger partial charge in [0.2, 0.25) is 0 Å². The van der Waals surface area contributed by atoms with Crippen LogP contribution >= 0.6 is 0 Å². The van der Waals surface area contributed by atoms with Gasteiger partial charge >= 0.3 is 30.1 Å². The van der Waals surface area contributed by atoms with Crippen LogP contribution in [0.2, 0.25) is 0 Å². The van der Waals surface area contributed by atoms with Crippen molar-refractivity contribution in [3.8, 4) is 0 Å². The molecule has 1 aromatic carbocycles. The van der Waals surface area contributed by atoms with Crippen molar-refractivity contribution in [3.05, 3.63) is 59.7 Å². The van der Waals surface area contributed by atoms with Crippen molar-refractivity contribution in [3.63, 3.8) is 0 Å². The Bertz CT molecular complexity index is 1690. The fraction of sp³-hybridized carbons (Fsp3) is 0.682. The smallest absolute Gasteiger partial charge is 0.432 e. The van der Waals surface area contributed by atoms with Crippen LogP contribution in [0.4, 0.5) is 13.2 Å². The predicted molar refractivity (Wildman–Crippen MR) is 201 cm³/mol. The van der Waals surface area contributed by atoms with Gasteiger partial charge in [-0.2, -0.15) is 13.2 Å². The first-order valence-electron chi connectivity index (χ1n) is 19.9. The third-order valence-electron chi connectivity index (χ3n) is 14.0. The molecule has 4 aliphatic rings. The summed E-state index contributed by atoms with van der Waals surface area (Å²) in [4.78, 5) is 52.4. The van der Waals surface area contributed by atoms with Crippen molar-refractivity contribution in [1.82, 2.24) is 0 Å². The molecule has 12 heteroatoms. The Labute approximate surface area is 329 Å². The Morgan fingerprint density at radius 1 is 0.875 bits per heavy atom. The summed E-state index contributed by atoms with van der Waals surface area (Å²) in [6, 6.07) is 6.43. The van der Waals surface area contributed by atoms with Crippen LogP contribution in [0.1, 0.15) is 106 Å². The molecule has 4 aliphatic carbocycles. The maximum atomic E-state index is 15.2. The standard InChI is InChI=1S/C44H59F3O9/c1-24(2)25(3)16-17-26(4)31-18-19-32-37-33(20-21-41(31,32)8)42(9)23-36(54-28(6)49)39(55-29(7)50)38(34(42)22-35(37)53-27(5)48)56-40(51)43(52-10,44(45,46)47)30-14-12-11-13-15-30/h11-15,22,24,26,31-33,35-39H,3,16-21,23H2,1-2,4-10H3/t26-,31-,32+,33+,35+,36-,37+,38-,39+,41-,42-,43-/m1/s1. The maximum Gasteiger partial charge on any atom is 0.432 e. The van der Waals surface area contributed by atoms with Crippen LogP contribution in [0.25, 0.3) is 0 Å². The molecule has 9 nitrogen and oxygen atoms in total. The average molecular weight is 789 g/mol. The topological polar surface area (TPSA) is 114 Å². The Kier molecular flexibility index (Phi) is 12.6. The molecule has 0 saturated heterocycles. The van der Waals surface area contributed by atoms with Crippen molar-refractivity contribution in [1.29, 1.82) is 0 Å². The molecule has 0 N–H and O–H groups in total. The SMILES string of the molecule is C=C(CC[C@@H](C)[C@H]1CC[C@H]2[C@@H]3[C@@H](OC(C)=O)C=C4[C@@H](OC(=O)[C@](OC)(c5ccccc5)C(F)(F)F)[C@@H](OC(C)=O)[C@H](OC(C)=O)C[C@]4(C)[C@H]3CC[C@]12C)C(C)C. The first-order valence-corrected chi connectivity index (χ1v) is 19.9. The second-order valence-corrected chi connectivity index (χ2v) is 17.5. The van der Waals surface area contributed by atoms with Crippen molar-refractivity contribution in [2.24, 2.45) is 46.3 Å². The molecule has 0 aromatic heterocycles. The van der Waals surface area contributed by atoms with Crippen LogP contribution in [0.3, 0.4) is 0 Å². The summed E-state index contributed by atoms with van der Waals surface area (Å²) in [6.07, 6.45) is -3.23. The van der Waals surface area contributed by atoms with Crippen molar-refractivity contribution >= 4 is 23.9 Å².